The summed E-state index contributed by atoms with van der Waals surface area (Å²) in [7, 11) is 0. The molecule has 0 amide bonds. The zero-order valence-corrected chi connectivity index (χ0v) is 11.4. The Morgan fingerprint density at radius 1 is 1.53 bits per heavy atom. The van der Waals surface area contributed by atoms with E-state index in [0.29, 0.717) is 23.1 Å². The molecule has 1 heterocycles. The average Bonchev–Trinajstić information content (AvgIpc) is 2.97. The van der Waals surface area contributed by atoms with E-state index in [1.165, 1.54) is 0 Å². The number of carbonyl (C=O) groups is 1. The Balaban J connectivity index is 2.19. The molecule has 17 heavy (non-hydrogen) atoms. The maximum atomic E-state index is 12.0. The number of hydrogen-bond acceptors (Lipinski definition) is 2. The molecule has 0 N–H and O–H groups in total. The fraction of sp³-hybridized carbons (Fsp3) is 0.692. The third-order valence-electron chi connectivity index (χ3n) is 3.56. The Kier molecular flexibility index (Phi) is 3.57. The lowest BCUT2D eigenvalue weighted by molar-refractivity contribution is -0.119. The van der Waals surface area contributed by atoms with Gasteiger partial charge < -0.3 is 0 Å². The largest absolute Gasteiger partial charge is 0.299 e. The SMILES string of the molecule is CCc1nn(CC)c(CC(=O)C2CC2C)c1Cl. The van der Waals surface area contributed by atoms with Crippen molar-refractivity contribution in [2.24, 2.45) is 11.8 Å². The van der Waals surface area contributed by atoms with E-state index in [-0.39, 0.29) is 5.92 Å². The van der Waals surface area contributed by atoms with E-state index in [0.717, 1.165) is 30.8 Å². The molecule has 3 nitrogen and oxygen atoms in total. The number of nitrogens with zero attached hydrogens (tertiary/aromatic N) is 2. The smallest absolute Gasteiger partial charge is 0.142 e. The van der Waals surface area contributed by atoms with Crippen molar-refractivity contribution >= 4 is 17.4 Å². The van der Waals surface area contributed by atoms with Crippen LogP contribution in [0.3, 0.4) is 0 Å². The molecule has 0 aliphatic heterocycles. The molecule has 1 saturated carbocycles. The zero-order chi connectivity index (χ0) is 12.6. The first-order valence-corrected chi connectivity index (χ1v) is 6.73. The number of aryl methyl sites for hydroxylation is 2. The van der Waals surface area contributed by atoms with E-state index in [2.05, 4.69) is 12.0 Å². The van der Waals surface area contributed by atoms with E-state index >= 15 is 0 Å². The van der Waals surface area contributed by atoms with Gasteiger partial charge in [-0.15, -0.1) is 0 Å². The zero-order valence-electron chi connectivity index (χ0n) is 10.7. The summed E-state index contributed by atoms with van der Waals surface area (Å²) in [6.45, 7) is 6.95. The Hall–Kier alpha value is -0.830. The minimum Gasteiger partial charge on any atom is -0.299 e. The normalized spacial score (nSPS) is 22.8. The van der Waals surface area contributed by atoms with Gasteiger partial charge in [-0.3, -0.25) is 9.48 Å². The van der Waals surface area contributed by atoms with Gasteiger partial charge in [0.05, 0.1) is 22.8 Å². The van der Waals surface area contributed by atoms with Crippen LogP contribution in [0.4, 0.5) is 0 Å². The highest BCUT2D eigenvalue weighted by Crippen LogP contribution is 2.39. The predicted octanol–water partition coefficient (Wildman–Crippen LogP) is 2.89. The summed E-state index contributed by atoms with van der Waals surface area (Å²) in [5, 5.41) is 5.12. The van der Waals surface area contributed by atoms with Crippen molar-refractivity contribution in [3.63, 3.8) is 0 Å². The van der Waals surface area contributed by atoms with Crippen molar-refractivity contribution in [1.29, 1.82) is 0 Å². The van der Waals surface area contributed by atoms with Gasteiger partial charge in [0.1, 0.15) is 5.78 Å². The minimum absolute atomic E-state index is 0.261. The summed E-state index contributed by atoms with van der Waals surface area (Å²) in [4.78, 5) is 12.0. The highest BCUT2D eigenvalue weighted by molar-refractivity contribution is 6.32. The molecule has 0 saturated heterocycles. The lowest BCUT2D eigenvalue weighted by Crippen LogP contribution is -2.11. The molecule has 2 unspecified atom stereocenters. The molecule has 1 aromatic heterocycles. The topological polar surface area (TPSA) is 34.9 Å². The van der Waals surface area contributed by atoms with Crippen LogP contribution in [0.2, 0.25) is 5.02 Å². The lowest BCUT2D eigenvalue weighted by Gasteiger charge is -2.04. The molecule has 0 spiro atoms. The van der Waals surface area contributed by atoms with Gasteiger partial charge in [0, 0.05) is 12.5 Å². The van der Waals surface area contributed by atoms with Gasteiger partial charge in [0.2, 0.25) is 0 Å². The van der Waals surface area contributed by atoms with E-state index < -0.39 is 0 Å². The van der Waals surface area contributed by atoms with Crippen LogP contribution in [0.15, 0.2) is 0 Å². The molecule has 2 rings (SSSR count). The van der Waals surface area contributed by atoms with Crippen molar-refractivity contribution in [2.75, 3.05) is 0 Å². The standard InChI is InChI=1S/C13H19ClN2O/c1-4-10-13(14)11(16(5-2)15-10)7-12(17)9-6-8(9)3/h8-9H,4-7H2,1-3H3. The van der Waals surface area contributed by atoms with Crippen LogP contribution >= 0.6 is 11.6 Å². The number of Topliss-reactive ketones (excluding diaryl/α,β-unsaturated/α-hetero) is 1. The van der Waals surface area contributed by atoms with Crippen molar-refractivity contribution < 1.29 is 4.79 Å². The van der Waals surface area contributed by atoms with Gasteiger partial charge in [-0.1, -0.05) is 25.4 Å². The number of ketones is 1. The number of halogens is 1. The maximum absolute atomic E-state index is 12.0. The van der Waals surface area contributed by atoms with Gasteiger partial charge in [-0.05, 0) is 25.7 Å². The first kappa shape index (κ1) is 12.6. The van der Waals surface area contributed by atoms with Gasteiger partial charge in [-0.25, -0.2) is 0 Å². The van der Waals surface area contributed by atoms with Crippen LogP contribution in [0.1, 0.15) is 38.6 Å². The molecule has 1 aromatic rings. The third kappa shape index (κ3) is 2.39. The molecule has 2 atom stereocenters. The first-order chi connectivity index (χ1) is 8.08. The quantitative estimate of drug-likeness (QED) is 0.810. The summed E-state index contributed by atoms with van der Waals surface area (Å²) in [5.41, 5.74) is 1.80. The Morgan fingerprint density at radius 2 is 2.18 bits per heavy atom. The Morgan fingerprint density at radius 3 is 2.65 bits per heavy atom. The summed E-state index contributed by atoms with van der Waals surface area (Å²) in [6.07, 6.45) is 2.29. The molecule has 1 fully saturated rings. The van der Waals surface area contributed by atoms with Gasteiger partial charge >= 0.3 is 0 Å². The van der Waals surface area contributed by atoms with E-state index in [1.807, 2.05) is 18.5 Å². The van der Waals surface area contributed by atoms with Crippen LogP contribution in [0, 0.1) is 11.8 Å². The second kappa shape index (κ2) is 4.81. The van der Waals surface area contributed by atoms with Crippen molar-refractivity contribution in [1.82, 2.24) is 9.78 Å². The van der Waals surface area contributed by atoms with Crippen LogP contribution in [-0.4, -0.2) is 15.6 Å². The van der Waals surface area contributed by atoms with Gasteiger partial charge in [0.15, 0.2) is 0 Å². The average molecular weight is 255 g/mol. The van der Waals surface area contributed by atoms with Crippen molar-refractivity contribution in [3.05, 3.63) is 16.4 Å². The molecule has 0 bridgehead atoms. The monoisotopic (exact) mass is 254 g/mol. The molecule has 1 aliphatic carbocycles. The maximum Gasteiger partial charge on any atom is 0.142 e. The fourth-order valence-corrected chi connectivity index (χ4v) is 2.59. The third-order valence-corrected chi connectivity index (χ3v) is 4.00. The number of aromatic nitrogens is 2. The van der Waals surface area contributed by atoms with Gasteiger partial charge in [-0.2, -0.15) is 5.10 Å². The lowest BCUT2D eigenvalue weighted by atomic mass is 10.1. The van der Waals surface area contributed by atoms with E-state index in [9.17, 15) is 4.79 Å². The molecular weight excluding hydrogens is 236 g/mol. The van der Waals surface area contributed by atoms with Crippen LogP contribution in [0.5, 0.6) is 0 Å². The summed E-state index contributed by atoms with van der Waals surface area (Å²) < 4.78 is 1.87. The Labute approximate surface area is 107 Å². The summed E-state index contributed by atoms with van der Waals surface area (Å²) in [5.74, 6) is 1.14. The van der Waals surface area contributed by atoms with Crippen molar-refractivity contribution in [2.45, 2.75) is 46.6 Å². The van der Waals surface area contributed by atoms with Crippen molar-refractivity contribution in [3.8, 4) is 0 Å². The number of hydrogen-bond donors (Lipinski definition) is 0. The molecular formula is C13H19ClN2O. The fourth-order valence-electron chi connectivity index (χ4n) is 2.25. The van der Waals surface area contributed by atoms with Crippen LogP contribution in [-0.2, 0) is 24.2 Å². The number of rotatable bonds is 5. The highest BCUT2D eigenvalue weighted by atomic mass is 35.5. The molecule has 94 valence electrons. The number of carbonyl (C=O) groups excluding carboxylic acids is 1. The summed E-state index contributed by atoms with van der Waals surface area (Å²) >= 11 is 6.28. The minimum atomic E-state index is 0.261. The molecule has 0 radical (unpaired) electrons. The molecule has 0 aromatic carbocycles. The van der Waals surface area contributed by atoms with Crippen LogP contribution < -0.4 is 0 Å². The molecule has 1 aliphatic rings. The first-order valence-electron chi connectivity index (χ1n) is 6.35. The predicted molar refractivity (Wildman–Crippen MR) is 68.3 cm³/mol. The van der Waals surface area contributed by atoms with E-state index in [4.69, 9.17) is 11.6 Å². The highest BCUT2D eigenvalue weighted by Gasteiger charge is 2.39. The summed E-state index contributed by atoms with van der Waals surface area (Å²) in [6, 6.07) is 0. The second-order valence-electron chi connectivity index (χ2n) is 4.84. The van der Waals surface area contributed by atoms with Crippen LogP contribution in [0.25, 0.3) is 0 Å². The van der Waals surface area contributed by atoms with Gasteiger partial charge in [0.25, 0.3) is 0 Å². The van der Waals surface area contributed by atoms with E-state index in [1.54, 1.807) is 0 Å². The Bertz CT molecular complexity index is 439. The molecule has 4 heteroatoms. The second-order valence-corrected chi connectivity index (χ2v) is 5.22.